The molecule has 1 aliphatic heterocycles. The zero-order valence-corrected chi connectivity index (χ0v) is 9.52. The van der Waals surface area contributed by atoms with Crippen LogP contribution >= 0.6 is 0 Å². The lowest BCUT2D eigenvalue weighted by Gasteiger charge is -2.39. The number of fused-ring (bicyclic) bond motifs is 1. The Morgan fingerprint density at radius 3 is 2.43 bits per heavy atom. The molecule has 0 unspecified atom stereocenters. The first kappa shape index (κ1) is 9.57. The molecule has 2 rings (SSSR count). The molecule has 0 bridgehead atoms. The van der Waals surface area contributed by atoms with Gasteiger partial charge >= 0.3 is 0 Å². The molecule has 1 aliphatic rings. The number of anilines is 1. The summed E-state index contributed by atoms with van der Waals surface area (Å²) in [7, 11) is 0. The fraction of sp³-hybridized carbons (Fsp3) is 0.538. The molecule has 1 N–H and O–H groups in total. The standard InChI is InChI=1S/C13H19N/c1-12(2,3)13(4)9-10-7-5-6-8-11(10)14-13/h5-8,14H,9H2,1-4H3/t13-/m0/s1. The Morgan fingerprint density at radius 1 is 1.21 bits per heavy atom. The average molecular weight is 189 g/mol. The van der Waals surface area contributed by atoms with Gasteiger partial charge in [0, 0.05) is 11.2 Å². The van der Waals surface area contributed by atoms with Crippen molar-refractivity contribution >= 4 is 5.69 Å². The van der Waals surface area contributed by atoms with E-state index in [9.17, 15) is 0 Å². The molecule has 14 heavy (non-hydrogen) atoms. The largest absolute Gasteiger partial charge is 0.379 e. The second kappa shape index (κ2) is 2.75. The highest BCUT2D eigenvalue weighted by molar-refractivity contribution is 5.59. The third-order valence-electron chi connectivity index (χ3n) is 3.63. The van der Waals surface area contributed by atoms with Crippen LogP contribution in [0.2, 0.25) is 0 Å². The van der Waals surface area contributed by atoms with Crippen LogP contribution in [0.4, 0.5) is 5.69 Å². The number of nitrogens with one attached hydrogen (secondary N) is 1. The maximum atomic E-state index is 3.65. The van der Waals surface area contributed by atoms with Crippen LogP contribution < -0.4 is 5.32 Å². The molecular formula is C13H19N. The van der Waals surface area contributed by atoms with Crippen molar-refractivity contribution in [2.24, 2.45) is 5.41 Å². The summed E-state index contributed by atoms with van der Waals surface area (Å²) >= 11 is 0. The van der Waals surface area contributed by atoms with Crippen molar-refractivity contribution in [3.8, 4) is 0 Å². The highest BCUT2D eigenvalue weighted by atomic mass is 15.0. The number of rotatable bonds is 0. The van der Waals surface area contributed by atoms with E-state index in [4.69, 9.17) is 0 Å². The molecule has 0 fully saturated rings. The van der Waals surface area contributed by atoms with Crippen molar-refractivity contribution in [3.63, 3.8) is 0 Å². The van der Waals surface area contributed by atoms with Crippen LogP contribution in [0.25, 0.3) is 0 Å². The van der Waals surface area contributed by atoms with Crippen molar-refractivity contribution in [1.29, 1.82) is 0 Å². The van der Waals surface area contributed by atoms with E-state index in [0.29, 0.717) is 0 Å². The van der Waals surface area contributed by atoms with Gasteiger partial charge in [0.1, 0.15) is 0 Å². The summed E-state index contributed by atoms with van der Waals surface area (Å²) in [6.45, 7) is 9.20. The van der Waals surface area contributed by atoms with E-state index in [1.807, 2.05) is 0 Å². The summed E-state index contributed by atoms with van der Waals surface area (Å²) in [4.78, 5) is 0. The molecular weight excluding hydrogens is 170 g/mol. The smallest absolute Gasteiger partial charge is 0.0434 e. The molecule has 0 amide bonds. The molecule has 0 aliphatic carbocycles. The Kier molecular flexibility index (Phi) is 1.88. The first-order valence-corrected chi connectivity index (χ1v) is 5.28. The molecule has 1 aromatic rings. The number of hydrogen-bond donors (Lipinski definition) is 1. The lowest BCUT2D eigenvalue weighted by molar-refractivity contribution is 0.240. The van der Waals surface area contributed by atoms with Gasteiger partial charge in [-0.1, -0.05) is 39.0 Å². The minimum Gasteiger partial charge on any atom is -0.379 e. The number of benzene rings is 1. The summed E-state index contributed by atoms with van der Waals surface area (Å²) in [6, 6.07) is 8.61. The SMILES string of the molecule is CC(C)(C)[C@]1(C)Cc2ccccc2N1. The van der Waals surface area contributed by atoms with Crippen molar-refractivity contribution in [2.45, 2.75) is 39.7 Å². The maximum Gasteiger partial charge on any atom is 0.0434 e. The molecule has 76 valence electrons. The molecule has 0 saturated carbocycles. The van der Waals surface area contributed by atoms with E-state index < -0.39 is 0 Å². The van der Waals surface area contributed by atoms with Crippen LogP contribution in [-0.2, 0) is 6.42 Å². The van der Waals surface area contributed by atoms with Crippen LogP contribution in [0.1, 0.15) is 33.3 Å². The van der Waals surface area contributed by atoms with Crippen LogP contribution in [-0.4, -0.2) is 5.54 Å². The van der Waals surface area contributed by atoms with E-state index in [-0.39, 0.29) is 11.0 Å². The first-order chi connectivity index (χ1) is 6.42. The summed E-state index contributed by atoms with van der Waals surface area (Å²) < 4.78 is 0. The van der Waals surface area contributed by atoms with Gasteiger partial charge in [-0.3, -0.25) is 0 Å². The van der Waals surface area contributed by atoms with Crippen molar-refractivity contribution in [1.82, 2.24) is 0 Å². The van der Waals surface area contributed by atoms with Gasteiger partial charge in [0.05, 0.1) is 0 Å². The first-order valence-electron chi connectivity index (χ1n) is 5.28. The summed E-state index contributed by atoms with van der Waals surface area (Å²) in [5.74, 6) is 0. The normalized spacial score (nSPS) is 25.7. The Hall–Kier alpha value is -0.980. The predicted octanol–water partition coefficient (Wildman–Crippen LogP) is 3.46. The van der Waals surface area contributed by atoms with Gasteiger partial charge in [0.25, 0.3) is 0 Å². The van der Waals surface area contributed by atoms with Crippen molar-refractivity contribution in [3.05, 3.63) is 29.8 Å². The van der Waals surface area contributed by atoms with Gasteiger partial charge in [0.15, 0.2) is 0 Å². The van der Waals surface area contributed by atoms with Crippen LogP contribution in [0, 0.1) is 5.41 Å². The van der Waals surface area contributed by atoms with Crippen molar-refractivity contribution in [2.75, 3.05) is 5.32 Å². The fourth-order valence-electron chi connectivity index (χ4n) is 1.97. The van der Waals surface area contributed by atoms with Crippen molar-refractivity contribution < 1.29 is 0 Å². The van der Waals surface area contributed by atoms with Gasteiger partial charge in [-0.15, -0.1) is 0 Å². The van der Waals surface area contributed by atoms with E-state index in [0.717, 1.165) is 6.42 Å². The molecule has 0 aromatic heterocycles. The highest BCUT2D eigenvalue weighted by Crippen LogP contribution is 2.42. The topological polar surface area (TPSA) is 12.0 Å². The van der Waals surface area contributed by atoms with Gasteiger partial charge in [-0.2, -0.15) is 0 Å². The average Bonchev–Trinajstić information content (AvgIpc) is 2.40. The van der Waals surface area contributed by atoms with Gasteiger partial charge in [-0.25, -0.2) is 0 Å². The van der Waals surface area contributed by atoms with Gasteiger partial charge in [-0.05, 0) is 30.4 Å². The zero-order valence-electron chi connectivity index (χ0n) is 9.52. The maximum absolute atomic E-state index is 3.65. The van der Waals surface area contributed by atoms with Crippen LogP contribution in [0.3, 0.4) is 0 Å². The van der Waals surface area contributed by atoms with Gasteiger partial charge < -0.3 is 5.32 Å². The molecule has 0 saturated heterocycles. The fourth-order valence-corrected chi connectivity index (χ4v) is 1.97. The molecule has 0 radical (unpaired) electrons. The summed E-state index contributed by atoms with van der Waals surface area (Å²) in [5.41, 5.74) is 3.23. The molecule has 1 heterocycles. The predicted molar refractivity (Wildman–Crippen MR) is 61.6 cm³/mol. The monoisotopic (exact) mass is 189 g/mol. The molecule has 1 nitrogen and oxygen atoms in total. The Labute approximate surface area is 86.5 Å². The molecule has 1 heteroatoms. The Morgan fingerprint density at radius 2 is 1.86 bits per heavy atom. The van der Waals surface area contributed by atoms with Gasteiger partial charge in [0.2, 0.25) is 0 Å². The zero-order chi connectivity index (χ0) is 10.4. The highest BCUT2D eigenvalue weighted by Gasteiger charge is 2.41. The number of hydrogen-bond acceptors (Lipinski definition) is 1. The summed E-state index contributed by atoms with van der Waals surface area (Å²) in [6.07, 6.45) is 1.13. The lowest BCUT2D eigenvalue weighted by Crippen LogP contribution is -2.45. The molecule has 1 aromatic carbocycles. The molecule has 1 atom stereocenters. The second-order valence-electron chi connectivity index (χ2n) is 5.54. The number of para-hydroxylation sites is 1. The minimum atomic E-state index is 0.191. The molecule has 0 spiro atoms. The van der Waals surface area contributed by atoms with Crippen LogP contribution in [0.5, 0.6) is 0 Å². The third-order valence-corrected chi connectivity index (χ3v) is 3.63. The van der Waals surface area contributed by atoms with Crippen LogP contribution in [0.15, 0.2) is 24.3 Å². The lowest BCUT2D eigenvalue weighted by atomic mass is 9.73. The Bertz CT molecular complexity index is 321. The third kappa shape index (κ3) is 1.31. The van der Waals surface area contributed by atoms with E-state index >= 15 is 0 Å². The van der Waals surface area contributed by atoms with E-state index in [1.54, 1.807) is 0 Å². The minimum absolute atomic E-state index is 0.191. The summed E-state index contributed by atoms with van der Waals surface area (Å²) in [5, 5.41) is 3.65. The van der Waals surface area contributed by atoms with E-state index in [2.05, 4.69) is 57.3 Å². The Balaban J connectivity index is 2.35. The van der Waals surface area contributed by atoms with E-state index in [1.165, 1.54) is 11.3 Å². The second-order valence-corrected chi connectivity index (χ2v) is 5.54. The quantitative estimate of drug-likeness (QED) is 0.659.